The predicted molar refractivity (Wildman–Crippen MR) is 81.6 cm³/mol. The third-order valence-electron chi connectivity index (χ3n) is 2.68. The van der Waals surface area contributed by atoms with Gasteiger partial charge in [0.15, 0.2) is 0 Å². The zero-order valence-corrected chi connectivity index (χ0v) is 12.6. The van der Waals surface area contributed by atoms with Crippen LogP contribution in [-0.2, 0) is 0 Å². The van der Waals surface area contributed by atoms with Crippen LogP contribution in [0.1, 0.15) is 0 Å². The fourth-order valence-electron chi connectivity index (χ4n) is 1.64. The van der Waals surface area contributed by atoms with Gasteiger partial charge in [0.1, 0.15) is 5.75 Å². The molecule has 0 saturated heterocycles. The Bertz CT molecular complexity index is 642. The molecular formula is C15H13Cl2NO2. The summed E-state index contributed by atoms with van der Waals surface area (Å²) < 4.78 is 5.34. The van der Waals surface area contributed by atoms with Crippen molar-refractivity contribution in [2.24, 2.45) is 0 Å². The fraction of sp³-hybridized carbons (Fsp3) is 0.133. The summed E-state index contributed by atoms with van der Waals surface area (Å²) in [5, 5.41) is 0.941. The first-order chi connectivity index (χ1) is 9.49. The molecule has 5 heteroatoms. The average Bonchev–Trinajstić information content (AvgIpc) is 2.42. The van der Waals surface area contributed by atoms with Crippen LogP contribution in [0, 0.1) is 0 Å². The van der Waals surface area contributed by atoms with Gasteiger partial charge in [-0.2, -0.15) is 0 Å². The van der Waals surface area contributed by atoms with Crippen LogP contribution in [0.2, 0.25) is 10.0 Å². The number of ether oxygens (including phenoxy) is 1. The normalized spacial score (nSPS) is 10.2. The molecule has 0 saturated carbocycles. The molecule has 0 N–H and O–H groups in total. The monoisotopic (exact) mass is 309 g/mol. The van der Waals surface area contributed by atoms with Crippen LogP contribution >= 0.6 is 23.2 Å². The molecule has 2 aromatic carbocycles. The largest absolute Gasteiger partial charge is 0.414 e. The summed E-state index contributed by atoms with van der Waals surface area (Å²) in [4.78, 5) is 13.0. The van der Waals surface area contributed by atoms with E-state index < -0.39 is 6.09 Å². The first-order valence-electron chi connectivity index (χ1n) is 5.92. The Morgan fingerprint density at radius 3 is 2.40 bits per heavy atom. The van der Waals surface area contributed by atoms with Crippen LogP contribution in [0.4, 0.5) is 4.79 Å². The summed E-state index contributed by atoms with van der Waals surface area (Å²) in [5.74, 6) is 0.476. The Morgan fingerprint density at radius 2 is 1.75 bits per heavy atom. The minimum Gasteiger partial charge on any atom is -0.410 e. The lowest BCUT2D eigenvalue weighted by molar-refractivity contribution is 0.172. The van der Waals surface area contributed by atoms with E-state index in [1.165, 1.54) is 4.90 Å². The summed E-state index contributed by atoms with van der Waals surface area (Å²) in [5.41, 5.74) is 1.61. The van der Waals surface area contributed by atoms with Gasteiger partial charge in [-0.15, -0.1) is 0 Å². The van der Waals surface area contributed by atoms with Gasteiger partial charge >= 0.3 is 6.09 Å². The van der Waals surface area contributed by atoms with E-state index in [1.54, 1.807) is 38.4 Å². The highest BCUT2D eigenvalue weighted by molar-refractivity contribution is 6.42. The van der Waals surface area contributed by atoms with Crippen molar-refractivity contribution in [2.75, 3.05) is 14.1 Å². The first kappa shape index (κ1) is 14.7. The van der Waals surface area contributed by atoms with E-state index in [0.29, 0.717) is 15.8 Å². The van der Waals surface area contributed by atoms with E-state index in [0.717, 1.165) is 11.1 Å². The van der Waals surface area contributed by atoms with Crippen molar-refractivity contribution in [3.05, 3.63) is 52.5 Å². The predicted octanol–water partition coefficient (Wildman–Crippen LogP) is 4.72. The van der Waals surface area contributed by atoms with E-state index in [4.69, 9.17) is 27.9 Å². The van der Waals surface area contributed by atoms with E-state index in [-0.39, 0.29) is 0 Å². The van der Waals surface area contributed by atoms with Gasteiger partial charge in [-0.25, -0.2) is 4.79 Å². The molecule has 0 fully saturated rings. The molecule has 0 aliphatic heterocycles. The highest BCUT2D eigenvalue weighted by Gasteiger charge is 2.12. The van der Waals surface area contributed by atoms with Gasteiger partial charge in [0, 0.05) is 19.7 Å². The smallest absolute Gasteiger partial charge is 0.410 e. The van der Waals surface area contributed by atoms with Crippen LogP contribution in [0.3, 0.4) is 0 Å². The molecule has 20 heavy (non-hydrogen) atoms. The zero-order valence-electron chi connectivity index (χ0n) is 11.1. The van der Waals surface area contributed by atoms with Gasteiger partial charge < -0.3 is 9.64 Å². The third-order valence-corrected chi connectivity index (χ3v) is 3.42. The summed E-state index contributed by atoms with van der Waals surface area (Å²) in [6.07, 6.45) is -0.433. The third kappa shape index (κ3) is 3.24. The molecule has 0 aromatic heterocycles. The molecule has 0 spiro atoms. The van der Waals surface area contributed by atoms with Gasteiger partial charge in [0.2, 0.25) is 0 Å². The molecule has 0 aliphatic rings. The first-order valence-corrected chi connectivity index (χ1v) is 6.68. The van der Waals surface area contributed by atoms with E-state index in [9.17, 15) is 4.79 Å². The molecule has 1 amide bonds. The second-order valence-corrected chi connectivity index (χ2v) is 5.20. The number of nitrogens with zero attached hydrogens (tertiary/aromatic N) is 1. The Balaban J connectivity index is 2.41. The standard InChI is InChI=1S/C15H13Cl2NO2/c1-18(2)15(19)20-14-6-4-3-5-11(14)10-7-8-12(16)13(17)9-10/h3-9H,1-2H3. The lowest BCUT2D eigenvalue weighted by Gasteiger charge is -2.14. The highest BCUT2D eigenvalue weighted by Crippen LogP contribution is 2.34. The van der Waals surface area contributed by atoms with Crippen molar-refractivity contribution in [3.8, 4) is 16.9 Å². The van der Waals surface area contributed by atoms with E-state index in [2.05, 4.69) is 0 Å². The molecule has 0 unspecified atom stereocenters. The molecule has 2 aromatic rings. The molecule has 2 rings (SSSR count). The molecule has 3 nitrogen and oxygen atoms in total. The minimum absolute atomic E-state index is 0.433. The summed E-state index contributed by atoms with van der Waals surface area (Å²) in [7, 11) is 3.26. The summed E-state index contributed by atoms with van der Waals surface area (Å²) >= 11 is 11.9. The number of hydrogen-bond acceptors (Lipinski definition) is 2. The summed E-state index contributed by atoms with van der Waals surface area (Å²) in [6.45, 7) is 0. The number of hydrogen-bond donors (Lipinski definition) is 0. The molecule has 0 heterocycles. The van der Waals surface area contributed by atoms with E-state index in [1.807, 2.05) is 18.2 Å². The Morgan fingerprint density at radius 1 is 1.05 bits per heavy atom. The quantitative estimate of drug-likeness (QED) is 0.803. The number of halogens is 2. The van der Waals surface area contributed by atoms with Crippen molar-refractivity contribution < 1.29 is 9.53 Å². The number of amides is 1. The maximum atomic E-state index is 11.7. The Hall–Kier alpha value is -1.71. The number of benzene rings is 2. The average molecular weight is 310 g/mol. The second kappa shape index (κ2) is 6.16. The molecular weight excluding hydrogens is 297 g/mol. The topological polar surface area (TPSA) is 29.5 Å². The van der Waals surface area contributed by atoms with Crippen LogP contribution in [-0.4, -0.2) is 25.1 Å². The van der Waals surface area contributed by atoms with Crippen LogP contribution in [0.5, 0.6) is 5.75 Å². The van der Waals surface area contributed by atoms with Crippen LogP contribution in [0.25, 0.3) is 11.1 Å². The Labute approximate surface area is 127 Å². The molecule has 0 bridgehead atoms. The SMILES string of the molecule is CN(C)C(=O)Oc1ccccc1-c1ccc(Cl)c(Cl)c1. The van der Waals surface area contributed by atoms with Crippen LogP contribution < -0.4 is 4.74 Å². The number of carbonyl (C=O) groups is 1. The minimum atomic E-state index is -0.433. The van der Waals surface area contributed by atoms with Crippen molar-refractivity contribution in [1.82, 2.24) is 4.90 Å². The van der Waals surface area contributed by atoms with Gasteiger partial charge in [-0.3, -0.25) is 0 Å². The van der Waals surface area contributed by atoms with Crippen molar-refractivity contribution in [3.63, 3.8) is 0 Å². The number of carbonyl (C=O) groups excluding carboxylic acids is 1. The lowest BCUT2D eigenvalue weighted by atomic mass is 10.0. The van der Waals surface area contributed by atoms with Gasteiger partial charge in [-0.1, -0.05) is 47.5 Å². The molecule has 104 valence electrons. The fourth-order valence-corrected chi connectivity index (χ4v) is 1.94. The van der Waals surface area contributed by atoms with Gasteiger partial charge in [0.05, 0.1) is 10.0 Å². The summed E-state index contributed by atoms with van der Waals surface area (Å²) in [6, 6.07) is 12.5. The number of rotatable bonds is 2. The maximum absolute atomic E-state index is 11.7. The lowest BCUT2D eigenvalue weighted by Crippen LogP contribution is -2.25. The van der Waals surface area contributed by atoms with Crippen molar-refractivity contribution in [2.45, 2.75) is 0 Å². The van der Waals surface area contributed by atoms with Crippen LogP contribution in [0.15, 0.2) is 42.5 Å². The van der Waals surface area contributed by atoms with Gasteiger partial charge in [-0.05, 0) is 23.8 Å². The molecule has 0 aliphatic carbocycles. The van der Waals surface area contributed by atoms with Crippen molar-refractivity contribution in [1.29, 1.82) is 0 Å². The van der Waals surface area contributed by atoms with Gasteiger partial charge in [0.25, 0.3) is 0 Å². The second-order valence-electron chi connectivity index (χ2n) is 4.39. The molecule has 0 atom stereocenters. The maximum Gasteiger partial charge on any atom is 0.414 e. The number of para-hydroxylation sites is 1. The van der Waals surface area contributed by atoms with E-state index >= 15 is 0 Å². The van der Waals surface area contributed by atoms with Crippen molar-refractivity contribution >= 4 is 29.3 Å². The molecule has 0 radical (unpaired) electrons. The zero-order chi connectivity index (χ0) is 14.7. The Kier molecular flexibility index (Phi) is 4.53. The highest BCUT2D eigenvalue weighted by atomic mass is 35.5.